The van der Waals surface area contributed by atoms with Crippen LogP contribution in [0.25, 0.3) is 0 Å². The van der Waals surface area contributed by atoms with Crippen LogP contribution in [-0.4, -0.2) is 33.7 Å². The predicted octanol–water partition coefficient (Wildman–Crippen LogP) is 1.87. The topological polar surface area (TPSA) is 57.6 Å². The summed E-state index contributed by atoms with van der Waals surface area (Å²) in [6.07, 6.45) is 0. The Labute approximate surface area is 108 Å². The first kappa shape index (κ1) is 12.9. The van der Waals surface area contributed by atoms with E-state index in [9.17, 15) is 14.0 Å². The standard InChI is InChI=1S/C12H12FNO3S/c1-7-11(17)14(6-10(15)16)12(18-7)8-4-2-3-5-9(8)13/h2-5,7,12H,6H2,1H3,(H,15,16)/t7-,12+/m0/s1. The summed E-state index contributed by atoms with van der Waals surface area (Å²) in [5.74, 6) is -1.79. The molecule has 0 aromatic heterocycles. The number of hydrogen-bond acceptors (Lipinski definition) is 3. The van der Waals surface area contributed by atoms with E-state index in [0.717, 1.165) is 0 Å². The first-order chi connectivity index (χ1) is 8.50. The number of thioether (sulfide) groups is 1. The minimum Gasteiger partial charge on any atom is -0.480 e. The molecule has 0 aliphatic carbocycles. The molecule has 18 heavy (non-hydrogen) atoms. The van der Waals surface area contributed by atoms with Crippen molar-refractivity contribution in [3.8, 4) is 0 Å². The quantitative estimate of drug-likeness (QED) is 0.910. The summed E-state index contributed by atoms with van der Waals surface area (Å²) >= 11 is 1.26. The van der Waals surface area contributed by atoms with Crippen LogP contribution < -0.4 is 0 Å². The van der Waals surface area contributed by atoms with Crippen molar-refractivity contribution in [2.75, 3.05) is 6.54 Å². The Bertz CT molecular complexity index is 494. The summed E-state index contributed by atoms with van der Waals surface area (Å²) in [7, 11) is 0. The van der Waals surface area contributed by atoms with E-state index in [2.05, 4.69) is 0 Å². The normalized spacial score (nSPS) is 23.4. The average molecular weight is 269 g/mol. The SMILES string of the molecule is C[C@@H]1S[C@H](c2ccccc2F)N(CC(=O)O)C1=O. The van der Waals surface area contributed by atoms with Crippen LogP contribution in [0, 0.1) is 5.82 Å². The van der Waals surface area contributed by atoms with Gasteiger partial charge in [-0.05, 0) is 13.0 Å². The zero-order valence-corrected chi connectivity index (χ0v) is 10.5. The van der Waals surface area contributed by atoms with Crippen molar-refractivity contribution >= 4 is 23.6 Å². The van der Waals surface area contributed by atoms with Crippen molar-refractivity contribution in [2.24, 2.45) is 0 Å². The van der Waals surface area contributed by atoms with E-state index in [1.807, 2.05) is 0 Å². The highest BCUT2D eigenvalue weighted by Crippen LogP contribution is 2.43. The van der Waals surface area contributed by atoms with Crippen LogP contribution in [0.2, 0.25) is 0 Å². The lowest BCUT2D eigenvalue weighted by Crippen LogP contribution is -2.35. The van der Waals surface area contributed by atoms with Crippen LogP contribution in [0.1, 0.15) is 17.9 Å². The lowest BCUT2D eigenvalue weighted by atomic mass is 10.2. The van der Waals surface area contributed by atoms with Gasteiger partial charge in [-0.3, -0.25) is 9.59 Å². The van der Waals surface area contributed by atoms with Crippen molar-refractivity contribution < 1.29 is 19.1 Å². The number of benzene rings is 1. The summed E-state index contributed by atoms with van der Waals surface area (Å²) in [6.45, 7) is 1.29. The maximum atomic E-state index is 13.7. The van der Waals surface area contributed by atoms with E-state index in [1.54, 1.807) is 25.1 Å². The van der Waals surface area contributed by atoms with Gasteiger partial charge in [-0.2, -0.15) is 0 Å². The van der Waals surface area contributed by atoms with Crippen molar-refractivity contribution in [3.05, 3.63) is 35.6 Å². The van der Waals surface area contributed by atoms with E-state index in [0.29, 0.717) is 5.56 Å². The fourth-order valence-electron chi connectivity index (χ4n) is 1.90. The number of hydrogen-bond donors (Lipinski definition) is 1. The molecule has 1 heterocycles. The third-order valence-corrected chi connectivity index (χ3v) is 4.10. The van der Waals surface area contributed by atoms with Gasteiger partial charge in [0.1, 0.15) is 17.7 Å². The molecule has 1 amide bonds. The first-order valence-corrected chi connectivity index (χ1v) is 6.37. The highest BCUT2D eigenvalue weighted by atomic mass is 32.2. The molecule has 0 saturated carbocycles. The number of carboxylic acids is 1. The predicted molar refractivity (Wildman–Crippen MR) is 65.5 cm³/mol. The third-order valence-electron chi connectivity index (χ3n) is 2.72. The molecule has 4 nitrogen and oxygen atoms in total. The number of halogens is 1. The molecule has 0 bridgehead atoms. The van der Waals surface area contributed by atoms with Crippen LogP contribution in [-0.2, 0) is 9.59 Å². The Morgan fingerprint density at radius 1 is 1.50 bits per heavy atom. The summed E-state index contributed by atoms with van der Waals surface area (Å²) in [5.41, 5.74) is 0.349. The van der Waals surface area contributed by atoms with Crippen LogP contribution >= 0.6 is 11.8 Å². The van der Waals surface area contributed by atoms with E-state index in [1.165, 1.54) is 22.7 Å². The van der Waals surface area contributed by atoms with Gasteiger partial charge in [0.25, 0.3) is 0 Å². The van der Waals surface area contributed by atoms with Crippen molar-refractivity contribution in [2.45, 2.75) is 17.5 Å². The molecule has 1 aromatic carbocycles. The largest absolute Gasteiger partial charge is 0.480 e. The second-order valence-electron chi connectivity index (χ2n) is 4.01. The average Bonchev–Trinajstić information content (AvgIpc) is 2.57. The smallest absolute Gasteiger partial charge is 0.323 e. The maximum Gasteiger partial charge on any atom is 0.323 e. The summed E-state index contributed by atoms with van der Waals surface area (Å²) in [4.78, 5) is 23.8. The number of amides is 1. The number of nitrogens with zero attached hydrogens (tertiary/aromatic N) is 1. The van der Waals surface area contributed by atoms with Crippen LogP contribution in [0.4, 0.5) is 4.39 Å². The van der Waals surface area contributed by atoms with Crippen LogP contribution in [0.5, 0.6) is 0 Å². The van der Waals surface area contributed by atoms with Gasteiger partial charge in [-0.15, -0.1) is 11.8 Å². The molecule has 1 aliphatic rings. The first-order valence-electron chi connectivity index (χ1n) is 5.43. The van der Waals surface area contributed by atoms with E-state index in [-0.39, 0.29) is 11.2 Å². The Hall–Kier alpha value is -1.56. The van der Waals surface area contributed by atoms with Gasteiger partial charge < -0.3 is 10.0 Å². The van der Waals surface area contributed by atoms with E-state index >= 15 is 0 Å². The summed E-state index contributed by atoms with van der Waals surface area (Å²) in [6, 6.07) is 6.12. The fourth-order valence-corrected chi connectivity index (χ4v) is 3.20. The number of carbonyl (C=O) groups is 2. The Morgan fingerprint density at radius 2 is 2.17 bits per heavy atom. The Morgan fingerprint density at radius 3 is 2.78 bits per heavy atom. The summed E-state index contributed by atoms with van der Waals surface area (Å²) < 4.78 is 13.7. The van der Waals surface area contributed by atoms with E-state index in [4.69, 9.17) is 5.11 Å². The van der Waals surface area contributed by atoms with Gasteiger partial charge in [0.15, 0.2) is 0 Å². The molecular weight excluding hydrogens is 257 g/mol. The van der Waals surface area contributed by atoms with Crippen LogP contribution in [0.15, 0.2) is 24.3 Å². The minimum atomic E-state index is -1.10. The van der Waals surface area contributed by atoms with Crippen molar-refractivity contribution in [3.63, 3.8) is 0 Å². The lowest BCUT2D eigenvalue weighted by Gasteiger charge is -2.22. The van der Waals surface area contributed by atoms with Gasteiger partial charge in [-0.25, -0.2) is 4.39 Å². The molecule has 1 aromatic rings. The fraction of sp³-hybridized carbons (Fsp3) is 0.333. The molecular formula is C12H12FNO3S. The molecule has 0 spiro atoms. The molecule has 6 heteroatoms. The van der Waals surface area contributed by atoms with Gasteiger partial charge in [-0.1, -0.05) is 18.2 Å². The number of aliphatic carboxylic acids is 1. The molecule has 1 fully saturated rings. The van der Waals surface area contributed by atoms with Gasteiger partial charge in [0.2, 0.25) is 5.91 Å². The lowest BCUT2D eigenvalue weighted by molar-refractivity contribution is -0.144. The van der Waals surface area contributed by atoms with Gasteiger partial charge in [0.05, 0.1) is 5.25 Å². The molecule has 96 valence electrons. The maximum absolute atomic E-state index is 13.7. The Kier molecular flexibility index (Phi) is 3.56. The monoisotopic (exact) mass is 269 g/mol. The molecule has 1 aliphatic heterocycles. The van der Waals surface area contributed by atoms with Gasteiger partial charge in [0, 0.05) is 5.56 Å². The molecule has 0 unspecified atom stereocenters. The van der Waals surface area contributed by atoms with Gasteiger partial charge >= 0.3 is 5.97 Å². The van der Waals surface area contributed by atoms with E-state index < -0.39 is 23.7 Å². The molecule has 0 radical (unpaired) electrons. The van der Waals surface area contributed by atoms with Crippen LogP contribution in [0.3, 0.4) is 0 Å². The van der Waals surface area contributed by atoms with Crippen molar-refractivity contribution in [1.82, 2.24) is 4.90 Å². The number of carbonyl (C=O) groups excluding carboxylic acids is 1. The zero-order chi connectivity index (χ0) is 13.3. The highest BCUT2D eigenvalue weighted by molar-refractivity contribution is 8.01. The van der Waals surface area contributed by atoms with Crippen molar-refractivity contribution in [1.29, 1.82) is 0 Å². The molecule has 1 N–H and O–H groups in total. The zero-order valence-electron chi connectivity index (χ0n) is 9.67. The highest BCUT2D eigenvalue weighted by Gasteiger charge is 2.40. The third kappa shape index (κ3) is 2.33. The Balaban J connectivity index is 2.34. The molecule has 2 rings (SSSR count). The summed E-state index contributed by atoms with van der Waals surface area (Å²) in [5, 5.41) is 7.90. The second-order valence-corrected chi connectivity index (χ2v) is 5.44. The minimum absolute atomic E-state index is 0.268. The molecule has 1 saturated heterocycles. The number of carboxylic acid groups (broad SMARTS) is 1. The molecule has 2 atom stereocenters. The second kappa shape index (κ2) is 4.97. The number of rotatable bonds is 3.